The number of rotatable bonds is 7. The van der Waals surface area contributed by atoms with Gasteiger partial charge < -0.3 is 14.8 Å². The van der Waals surface area contributed by atoms with E-state index in [0.717, 1.165) is 0 Å². The standard InChI is InChI=1S/C14H19ClF3NO2/c1-4-19-13(14(16,17)18)9-7-11(20-5-2)12(21-6-3)8-10(9)15/h7-8,13,19H,4-6H2,1-3H3. The zero-order valence-electron chi connectivity index (χ0n) is 12.2. The first-order chi connectivity index (χ1) is 9.85. The highest BCUT2D eigenvalue weighted by Gasteiger charge is 2.41. The van der Waals surface area contributed by atoms with Gasteiger partial charge in [0.1, 0.15) is 6.04 Å². The molecule has 0 bridgehead atoms. The third-order valence-electron chi connectivity index (χ3n) is 2.71. The molecule has 1 rings (SSSR count). The molecule has 1 unspecified atom stereocenters. The minimum absolute atomic E-state index is 0.00909. The van der Waals surface area contributed by atoms with Crippen molar-refractivity contribution in [1.29, 1.82) is 0 Å². The fraction of sp³-hybridized carbons (Fsp3) is 0.571. The van der Waals surface area contributed by atoms with Crippen molar-refractivity contribution in [2.75, 3.05) is 19.8 Å². The average Bonchev–Trinajstić information content (AvgIpc) is 2.39. The Morgan fingerprint density at radius 2 is 1.62 bits per heavy atom. The van der Waals surface area contributed by atoms with Gasteiger partial charge in [-0.2, -0.15) is 13.2 Å². The van der Waals surface area contributed by atoms with Crippen molar-refractivity contribution < 1.29 is 22.6 Å². The van der Waals surface area contributed by atoms with Crippen molar-refractivity contribution in [3.8, 4) is 11.5 Å². The summed E-state index contributed by atoms with van der Waals surface area (Å²) in [6.45, 7) is 5.97. The van der Waals surface area contributed by atoms with Crippen LogP contribution in [0.1, 0.15) is 32.4 Å². The van der Waals surface area contributed by atoms with E-state index in [0.29, 0.717) is 19.0 Å². The summed E-state index contributed by atoms with van der Waals surface area (Å²) in [7, 11) is 0. The zero-order valence-corrected chi connectivity index (χ0v) is 12.9. The third-order valence-corrected chi connectivity index (χ3v) is 3.04. The summed E-state index contributed by atoms with van der Waals surface area (Å²) >= 11 is 6.00. The second-order valence-corrected chi connectivity index (χ2v) is 4.63. The van der Waals surface area contributed by atoms with Gasteiger partial charge in [-0.25, -0.2) is 0 Å². The molecular weight excluding hydrogens is 307 g/mol. The normalized spacial score (nSPS) is 13.1. The molecule has 0 aliphatic rings. The number of benzene rings is 1. The second kappa shape index (κ2) is 7.75. The number of halogens is 4. The van der Waals surface area contributed by atoms with Crippen molar-refractivity contribution in [3.05, 3.63) is 22.7 Å². The molecule has 0 aromatic heterocycles. The Morgan fingerprint density at radius 3 is 2.05 bits per heavy atom. The van der Waals surface area contributed by atoms with E-state index in [9.17, 15) is 13.2 Å². The Hall–Kier alpha value is -1.14. The molecule has 21 heavy (non-hydrogen) atoms. The quantitative estimate of drug-likeness (QED) is 0.808. The van der Waals surface area contributed by atoms with E-state index in [2.05, 4.69) is 5.32 Å². The number of nitrogens with one attached hydrogen (secondary N) is 1. The predicted octanol–water partition coefficient (Wildman–Crippen LogP) is 4.35. The Morgan fingerprint density at radius 1 is 1.10 bits per heavy atom. The van der Waals surface area contributed by atoms with Gasteiger partial charge in [-0.3, -0.25) is 0 Å². The fourth-order valence-corrected chi connectivity index (χ4v) is 2.18. The molecule has 3 nitrogen and oxygen atoms in total. The molecule has 0 aliphatic carbocycles. The van der Waals surface area contributed by atoms with Gasteiger partial charge in [-0.1, -0.05) is 18.5 Å². The smallest absolute Gasteiger partial charge is 0.407 e. The summed E-state index contributed by atoms with van der Waals surface area (Å²) in [6, 6.07) is 0.809. The summed E-state index contributed by atoms with van der Waals surface area (Å²) in [5, 5.41) is 2.39. The molecule has 0 radical (unpaired) electrons. The number of ether oxygens (including phenoxy) is 2. The van der Waals surface area contributed by atoms with E-state index in [1.165, 1.54) is 12.1 Å². The second-order valence-electron chi connectivity index (χ2n) is 4.22. The molecule has 1 aromatic rings. The van der Waals surface area contributed by atoms with Gasteiger partial charge in [-0.15, -0.1) is 0 Å². The fourth-order valence-electron chi connectivity index (χ4n) is 1.91. The Kier molecular flexibility index (Phi) is 6.61. The van der Waals surface area contributed by atoms with Crippen LogP contribution in [0.25, 0.3) is 0 Å². The van der Waals surface area contributed by atoms with Crippen LogP contribution in [0, 0.1) is 0 Å². The highest BCUT2D eigenvalue weighted by atomic mass is 35.5. The summed E-state index contributed by atoms with van der Waals surface area (Å²) < 4.78 is 50.1. The van der Waals surface area contributed by atoms with Gasteiger partial charge in [0.2, 0.25) is 0 Å². The molecule has 0 aliphatic heterocycles. The molecule has 1 aromatic carbocycles. The van der Waals surface area contributed by atoms with Crippen LogP contribution in [0.5, 0.6) is 11.5 Å². The van der Waals surface area contributed by atoms with E-state index in [1.54, 1.807) is 20.8 Å². The lowest BCUT2D eigenvalue weighted by molar-refractivity contribution is -0.157. The lowest BCUT2D eigenvalue weighted by atomic mass is 10.1. The first-order valence-electron chi connectivity index (χ1n) is 6.74. The van der Waals surface area contributed by atoms with Gasteiger partial charge in [0.15, 0.2) is 11.5 Å². The van der Waals surface area contributed by atoms with Crippen molar-refractivity contribution in [2.45, 2.75) is 33.0 Å². The van der Waals surface area contributed by atoms with Crippen molar-refractivity contribution in [3.63, 3.8) is 0 Å². The van der Waals surface area contributed by atoms with Crippen LogP contribution in [0.4, 0.5) is 13.2 Å². The van der Waals surface area contributed by atoms with Crippen molar-refractivity contribution in [1.82, 2.24) is 5.32 Å². The number of alkyl halides is 3. The van der Waals surface area contributed by atoms with E-state index in [1.807, 2.05) is 0 Å². The molecule has 0 amide bonds. The summed E-state index contributed by atoms with van der Waals surface area (Å²) in [4.78, 5) is 0. The van der Waals surface area contributed by atoms with E-state index in [4.69, 9.17) is 21.1 Å². The minimum Gasteiger partial charge on any atom is -0.490 e. The molecule has 7 heteroatoms. The monoisotopic (exact) mass is 325 g/mol. The first-order valence-corrected chi connectivity index (χ1v) is 7.12. The summed E-state index contributed by atoms with van der Waals surface area (Å²) in [6.07, 6.45) is -4.45. The molecule has 1 atom stereocenters. The molecule has 1 N–H and O–H groups in total. The maximum Gasteiger partial charge on any atom is 0.407 e. The SMILES string of the molecule is CCNC(c1cc(OCC)c(OCC)cc1Cl)C(F)(F)F. The molecule has 120 valence electrons. The minimum atomic E-state index is -4.45. The van der Waals surface area contributed by atoms with Gasteiger partial charge in [-0.05, 0) is 26.5 Å². The zero-order chi connectivity index (χ0) is 16.0. The van der Waals surface area contributed by atoms with Crippen LogP contribution in [0.2, 0.25) is 5.02 Å². The van der Waals surface area contributed by atoms with E-state index < -0.39 is 12.2 Å². The Balaban J connectivity index is 3.30. The largest absolute Gasteiger partial charge is 0.490 e. The maximum absolute atomic E-state index is 13.1. The number of hydrogen-bond donors (Lipinski definition) is 1. The molecule has 0 saturated carbocycles. The summed E-state index contributed by atoms with van der Waals surface area (Å²) in [5.41, 5.74) is -0.0714. The van der Waals surface area contributed by atoms with Crippen LogP contribution in [0.3, 0.4) is 0 Å². The summed E-state index contributed by atoms with van der Waals surface area (Å²) in [5.74, 6) is 0.594. The van der Waals surface area contributed by atoms with Gasteiger partial charge >= 0.3 is 6.18 Å². The maximum atomic E-state index is 13.1. The van der Waals surface area contributed by atoms with E-state index in [-0.39, 0.29) is 22.9 Å². The molecule has 0 heterocycles. The van der Waals surface area contributed by atoms with Crippen LogP contribution in [-0.2, 0) is 0 Å². The molecule has 0 saturated heterocycles. The number of hydrogen-bond acceptors (Lipinski definition) is 3. The van der Waals surface area contributed by atoms with Gasteiger partial charge in [0.25, 0.3) is 0 Å². The van der Waals surface area contributed by atoms with Crippen LogP contribution < -0.4 is 14.8 Å². The van der Waals surface area contributed by atoms with Crippen molar-refractivity contribution >= 4 is 11.6 Å². The van der Waals surface area contributed by atoms with Gasteiger partial charge in [0, 0.05) is 16.7 Å². The van der Waals surface area contributed by atoms with Crippen LogP contribution >= 0.6 is 11.6 Å². The van der Waals surface area contributed by atoms with Gasteiger partial charge in [0.05, 0.1) is 13.2 Å². The predicted molar refractivity (Wildman–Crippen MR) is 76.3 cm³/mol. The lowest BCUT2D eigenvalue weighted by Crippen LogP contribution is -2.34. The van der Waals surface area contributed by atoms with E-state index >= 15 is 0 Å². The molecule has 0 fully saturated rings. The molecular formula is C14H19ClF3NO2. The van der Waals surface area contributed by atoms with Crippen LogP contribution in [-0.4, -0.2) is 25.9 Å². The topological polar surface area (TPSA) is 30.5 Å². The van der Waals surface area contributed by atoms with Crippen LogP contribution in [0.15, 0.2) is 12.1 Å². The molecule has 0 spiro atoms. The Bertz CT molecular complexity index is 466. The highest BCUT2D eigenvalue weighted by Crippen LogP contribution is 2.41. The van der Waals surface area contributed by atoms with Crippen molar-refractivity contribution in [2.24, 2.45) is 0 Å². The highest BCUT2D eigenvalue weighted by molar-refractivity contribution is 6.31. The third kappa shape index (κ3) is 4.68. The Labute approximate surface area is 127 Å². The average molecular weight is 326 g/mol. The lowest BCUT2D eigenvalue weighted by Gasteiger charge is -2.24. The first kappa shape index (κ1) is 17.9.